The Hall–Kier alpha value is -2.09. The molecule has 8 heteroatoms. The van der Waals surface area contributed by atoms with Crippen LogP contribution in [-0.2, 0) is 22.4 Å². The number of halogens is 1. The molecule has 0 N–H and O–H groups in total. The number of aryl methyl sites for hydroxylation is 1. The van der Waals surface area contributed by atoms with Crippen molar-refractivity contribution < 1.29 is 23.5 Å². The lowest BCUT2D eigenvalue weighted by molar-refractivity contribution is -0.148. The molecule has 0 radical (unpaired) electrons. The molecule has 0 aliphatic carbocycles. The molecule has 1 aromatic carbocycles. The fourth-order valence-corrected chi connectivity index (χ4v) is 2.91. The summed E-state index contributed by atoms with van der Waals surface area (Å²) >= 11 is 3.48. The van der Waals surface area contributed by atoms with Gasteiger partial charge in [-0.05, 0) is 44.9 Å². The average molecular weight is 441 g/mol. The molecular formula is C19H25BrN2O5. The molecule has 0 saturated heterocycles. The number of ether oxygens (including phenoxy) is 3. The number of esters is 1. The molecule has 2 rings (SSSR count). The lowest BCUT2D eigenvalue weighted by atomic mass is 10.1. The number of carbonyl (C=O) groups excluding carboxylic acids is 1. The highest BCUT2D eigenvalue weighted by molar-refractivity contribution is 9.10. The van der Waals surface area contributed by atoms with Crippen molar-refractivity contribution in [2.45, 2.75) is 53.1 Å². The van der Waals surface area contributed by atoms with Crippen LogP contribution in [0.3, 0.4) is 0 Å². The van der Waals surface area contributed by atoms with E-state index in [0.717, 1.165) is 22.9 Å². The van der Waals surface area contributed by atoms with E-state index in [1.54, 1.807) is 19.1 Å². The van der Waals surface area contributed by atoms with Gasteiger partial charge in [0.05, 0.1) is 19.6 Å². The molecule has 148 valence electrons. The highest BCUT2D eigenvalue weighted by Crippen LogP contribution is 2.34. The van der Waals surface area contributed by atoms with Crippen LogP contribution in [0.1, 0.15) is 57.5 Å². The third-order valence-electron chi connectivity index (χ3n) is 3.66. The molecule has 0 saturated carbocycles. The van der Waals surface area contributed by atoms with Crippen LogP contribution in [0.5, 0.6) is 11.5 Å². The zero-order valence-corrected chi connectivity index (χ0v) is 17.7. The van der Waals surface area contributed by atoms with Crippen molar-refractivity contribution in [2.75, 3.05) is 13.2 Å². The summed E-state index contributed by atoms with van der Waals surface area (Å²) in [6.45, 7) is 8.56. The van der Waals surface area contributed by atoms with Crippen molar-refractivity contribution >= 4 is 21.9 Å². The van der Waals surface area contributed by atoms with E-state index >= 15 is 0 Å². The highest BCUT2D eigenvalue weighted by atomic mass is 79.9. The van der Waals surface area contributed by atoms with Gasteiger partial charge in [-0.25, -0.2) is 0 Å². The molecule has 0 fully saturated rings. The zero-order valence-electron chi connectivity index (χ0n) is 16.1. The summed E-state index contributed by atoms with van der Waals surface area (Å²) in [4.78, 5) is 16.6. The fraction of sp³-hybridized carbons (Fsp3) is 0.526. The number of benzene rings is 1. The summed E-state index contributed by atoms with van der Waals surface area (Å²) in [6.07, 6.45) is 1.11. The Morgan fingerprint density at radius 2 is 1.85 bits per heavy atom. The van der Waals surface area contributed by atoms with Crippen LogP contribution in [0.25, 0.3) is 0 Å². The first-order chi connectivity index (χ1) is 13.0. The summed E-state index contributed by atoms with van der Waals surface area (Å²) in [6, 6.07) is 3.59. The van der Waals surface area contributed by atoms with E-state index in [4.69, 9.17) is 18.7 Å². The topological polar surface area (TPSA) is 83.7 Å². The first-order valence-corrected chi connectivity index (χ1v) is 9.87. The van der Waals surface area contributed by atoms with E-state index in [1.807, 2.05) is 20.8 Å². The Labute approximate surface area is 167 Å². The van der Waals surface area contributed by atoms with Gasteiger partial charge in [0.25, 0.3) is 5.89 Å². The van der Waals surface area contributed by atoms with Crippen molar-refractivity contribution in [1.82, 2.24) is 10.1 Å². The number of hydrogen-bond acceptors (Lipinski definition) is 7. The number of carbonyl (C=O) groups is 1. The van der Waals surface area contributed by atoms with Crippen LogP contribution >= 0.6 is 15.9 Å². The van der Waals surface area contributed by atoms with E-state index in [-0.39, 0.29) is 6.42 Å². The first-order valence-electron chi connectivity index (χ1n) is 9.08. The van der Waals surface area contributed by atoms with Crippen molar-refractivity contribution in [1.29, 1.82) is 0 Å². The van der Waals surface area contributed by atoms with Gasteiger partial charge in [0.15, 0.2) is 23.4 Å². The lowest BCUT2D eigenvalue weighted by Gasteiger charge is -2.14. The average Bonchev–Trinajstić information content (AvgIpc) is 3.08. The summed E-state index contributed by atoms with van der Waals surface area (Å²) in [5.74, 6) is 1.74. The molecule has 0 amide bonds. The molecule has 1 atom stereocenters. The van der Waals surface area contributed by atoms with Gasteiger partial charge in [-0.3, -0.25) is 4.79 Å². The molecule has 1 unspecified atom stereocenters. The predicted molar refractivity (Wildman–Crippen MR) is 103 cm³/mol. The maximum Gasteiger partial charge on any atom is 0.311 e. The molecule has 2 aromatic rings. The molecule has 0 aliphatic rings. The Morgan fingerprint density at radius 1 is 1.19 bits per heavy atom. The largest absolute Gasteiger partial charge is 0.490 e. The summed E-state index contributed by atoms with van der Waals surface area (Å²) in [5, 5.41) is 3.88. The molecule has 0 aliphatic heterocycles. The Kier molecular flexibility index (Phi) is 8.09. The maximum absolute atomic E-state index is 12.4. The third-order valence-corrected chi connectivity index (χ3v) is 4.40. The number of hydrogen-bond donors (Lipinski definition) is 0. The van der Waals surface area contributed by atoms with Crippen LogP contribution < -0.4 is 9.47 Å². The van der Waals surface area contributed by atoms with Gasteiger partial charge in [-0.1, -0.05) is 28.0 Å². The van der Waals surface area contributed by atoms with Crippen LogP contribution in [0.15, 0.2) is 21.1 Å². The minimum Gasteiger partial charge on any atom is -0.490 e. The Bertz CT molecular complexity index is 763. The van der Waals surface area contributed by atoms with Gasteiger partial charge < -0.3 is 18.7 Å². The van der Waals surface area contributed by atoms with Gasteiger partial charge in [-0.2, -0.15) is 4.98 Å². The minimum atomic E-state index is -0.608. The van der Waals surface area contributed by atoms with Gasteiger partial charge >= 0.3 is 5.97 Å². The summed E-state index contributed by atoms with van der Waals surface area (Å²) < 4.78 is 22.5. The van der Waals surface area contributed by atoms with Gasteiger partial charge in [0.1, 0.15) is 0 Å². The van der Waals surface area contributed by atoms with E-state index in [0.29, 0.717) is 36.4 Å². The second-order valence-corrected chi connectivity index (χ2v) is 6.72. The van der Waals surface area contributed by atoms with Crippen molar-refractivity contribution in [3.63, 3.8) is 0 Å². The van der Waals surface area contributed by atoms with Gasteiger partial charge in [0.2, 0.25) is 0 Å². The van der Waals surface area contributed by atoms with E-state index < -0.39 is 12.1 Å². The zero-order chi connectivity index (χ0) is 19.8. The summed E-state index contributed by atoms with van der Waals surface area (Å²) in [5.41, 5.74) is 0.747. The van der Waals surface area contributed by atoms with Gasteiger partial charge in [0, 0.05) is 10.9 Å². The predicted octanol–water partition coefficient (Wildman–Crippen LogP) is 4.43. The number of rotatable bonds is 10. The van der Waals surface area contributed by atoms with Crippen LogP contribution in [-0.4, -0.2) is 29.3 Å². The van der Waals surface area contributed by atoms with E-state index in [2.05, 4.69) is 26.1 Å². The first kappa shape index (κ1) is 21.2. The second kappa shape index (κ2) is 10.3. The van der Waals surface area contributed by atoms with Gasteiger partial charge in [-0.15, -0.1) is 0 Å². The van der Waals surface area contributed by atoms with Crippen molar-refractivity contribution in [3.05, 3.63) is 33.9 Å². The van der Waals surface area contributed by atoms with E-state index in [1.165, 1.54) is 0 Å². The highest BCUT2D eigenvalue weighted by Gasteiger charge is 2.20. The normalized spacial score (nSPS) is 11.9. The number of nitrogens with zero attached hydrogens (tertiary/aromatic N) is 2. The SMILES string of the molecule is CCCc1noc(C(C)OC(=O)Cc2cc(OCC)c(OCC)cc2Br)n1. The van der Waals surface area contributed by atoms with Crippen molar-refractivity contribution in [3.8, 4) is 11.5 Å². The Balaban J connectivity index is 2.06. The summed E-state index contributed by atoms with van der Waals surface area (Å²) in [7, 11) is 0. The second-order valence-electron chi connectivity index (χ2n) is 5.86. The molecular weight excluding hydrogens is 416 g/mol. The quantitative estimate of drug-likeness (QED) is 0.505. The molecule has 1 aromatic heterocycles. The van der Waals surface area contributed by atoms with Crippen LogP contribution in [0, 0.1) is 0 Å². The lowest BCUT2D eigenvalue weighted by Crippen LogP contribution is -2.12. The smallest absolute Gasteiger partial charge is 0.311 e. The molecule has 0 bridgehead atoms. The fourth-order valence-electron chi connectivity index (χ4n) is 2.45. The molecule has 27 heavy (non-hydrogen) atoms. The molecule has 7 nitrogen and oxygen atoms in total. The van der Waals surface area contributed by atoms with Crippen LogP contribution in [0.4, 0.5) is 0 Å². The van der Waals surface area contributed by atoms with E-state index in [9.17, 15) is 4.79 Å². The third kappa shape index (κ3) is 5.95. The van der Waals surface area contributed by atoms with Crippen LogP contribution in [0.2, 0.25) is 0 Å². The minimum absolute atomic E-state index is 0.0767. The Morgan fingerprint density at radius 3 is 2.48 bits per heavy atom. The maximum atomic E-state index is 12.4. The van der Waals surface area contributed by atoms with Crippen molar-refractivity contribution in [2.24, 2.45) is 0 Å². The molecule has 1 heterocycles. The number of aromatic nitrogens is 2. The monoisotopic (exact) mass is 440 g/mol. The standard InChI is InChI=1S/C19H25BrN2O5/c1-5-8-17-21-19(27-22-17)12(4)26-18(23)10-13-9-15(24-6-2)16(25-7-3)11-14(13)20/h9,11-12H,5-8,10H2,1-4H3. The molecule has 0 spiro atoms.